The summed E-state index contributed by atoms with van der Waals surface area (Å²) in [6.07, 6.45) is 3.84. The van der Waals surface area contributed by atoms with Crippen LogP contribution in [0.4, 0.5) is 10.9 Å². The molecule has 0 N–H and O–H groups in total. The zero-order valence-corrected chi connectivity index (χ0v) is 19.1. The molecule has 2 saturated heterocycles. The van der Waals surface area contributed by atoms with Crippen LogP contribution in [0.25, 0.3) is 10.2 Å². The predicted octanol–water partition coefficient (Wildman–Crippen LogP) is 3.87. The first-order chi connectivity index (χ1) is 15.1. The SMILES string of the molecule is Cc1cc(C)c2nc(N3CCC[C@@H](C(=O)N4CCN(c5ccccn5)CC4)C3)sc2c1. The van der Waals surface area contributed by atoms with Gasteiger partial charge in [-0.05, 0) is 56.0 Å². The van der Waals surface area contributed by atoms with Gasteiger partial charge in [-0.25, -0.2) is 9.97 Å². The van der Waals surface area contributed by atoms with E-state index in [1.165, 1.54) is 15.8 Å². The van der Waals surface area contributed by atoms with Gasteiger partial charge in [-0.2, -0.15) is 0 Å². The molecule has 3 aromatic rings. The van der Waals surface area contributed by atoms with Gasteiger partial charge < -0.3 is 14.7 Å². The van der Waals surface area contributed by atoms with Crippen LogP contribution >= 0.6 is 11.3 Å². The van der Waals surface area contributed by atoms with Crippen molar-refractivity contribution in [3.63, 3.8) is 0 Å². The van der Waals surface area contributed by atoms with E-state index >= 15 is 0 Å². The number of aromatic nitrogens is 2. The lowest BCUT2D eigenvalue weighted by atomic mass is 9.96. The number of hydrogen-bond donors (Lipinski definition) is 0. The quantitative estimate of drug-likeness (QED) is 0.625. The van der Waals surface area contributed by atoms with E-state index in [-0.39, 0.29) is 5.92 Å². The molecule has 6 nitrogen and oxygen atoms in total. The van der Waals surface area contributed by atoms with Crippen LogP contribution < -0.4 is 9.80 Å². The molecule has 31 heavy (non-hydrogen) atoms. The second-order valence-electron chi connectivity index (χ2n) is 8.71. The minimum Gasteiger partial charge on any atom is -0.353 e. The Morgan fingerprint density at radius 3 is 2.68 bits per heavy atom. The summed E-state index contributed by atoms with van der Waals surface area (Å²) < 4.78 is 1.24. The first-order valence-electron chi connectivity index (χ1n) is 11.2. The third-order valence-corrected chi connectivity index (χ3v) is 7.49. The van der Waals surface area contributed by atoms with Crippen molar-refractivity contribution in [1.82, 2.24) is 14.9 Å². The standard InChI is InChI=1S/C24H29N5OS/c1-17-14-18(2)22-20(15-17)31-24(26-22)29-9-5-6-19(16-29)23(30)28-12-10-27(11-13-28)21-7-3-4-8-25-21/h3-4,7-8,14-15,19H,5-6,9-13,16H2,1-2H3/t19-/m1/s1. The minimum absolute atomic E-state index is 0.0602. The number of piperidine rings is 1. The molecule has 4 heterocycles. The Kier molecular flexibility index (Phi) is 5.52. The van der Waals surface area contributed by atoms with Gasteiger partial charge in [0.25, 0.3) is 0 Å². The molecule has 0 unspecified atom stereocenters. The number of carbonyl (C=O) groups excluding carboxylic acids is 1. The zero-order valence-electron chi connectivity index (χ0n) is 18.3. The number of aryl methyl sites for hydroxylation is 2. The highest BCUT2D eigenvalue weighted by atomic mass is 32.1. The van der Waals surface area contributed by atoms with Gasteiger partial charge in [0.1, 0.15) is 5.82 Å². The highest BCUT2D eigenvalue weighted by Crippen LogP contribution is 2.34. The molecule has 5 rings (SSSR count). The molecule has 1 aromatic carbocycles. The molecule has 0 spiro atoms. The van der Waals surface area contributed by atoms with Crippen LogP contribution in [-0.4, -0.2) is 60.0 Å². The largest absolute Gasteiger partial charge is 0.353 e. The van der Waals surface area contributed by atoms with Gasteiger partial charge >= 0.3 is 0 Å². The smallest absolute Gasteiger partial charge is 0.227 e. The van der Waals surface area contributed by atoms with Gasteiger partial charge in [-0.3, -0.25) is 4.79 Å². The van der Waals surface area contributed by atoms with Crippen molar-refractivity contribution in [3.8, 4) is 0 Å². The number of anilines is 2. The van der Waals surface area contributed by atoms with Crippen molar-refractivity contribution in [2.24, 2.45) is 5.92 Å². The van der Waals surface area contributed by atoms with Crippen LogP contribution in [0.15, 0.2) is 36.5 Å². The number of benzene rings is 1. The number of rotatable bonds is 3. The van der Waals surface area contributed by atoms with Crippen molar-refractivity contribution in [2.75, 3.05) is 49.1 Å². The van der Waals surface area contributed by atoms with Crippen molar-refractivity contribution in [1.29, 1.82) is 0 Å². The van der Waals surface area contributed by atoms with Crippen LogP contribution in [0.5, 0.6) is 0 Å². The Bertz CT molecular complexity index is 1070. The molecule has 7 heteroatoms. The maximum absolute atomic E-state index is 13.3. The average molecular weight is 436 g/mol. The molecule has 0 bridgehead atoms. The number of thiazole rings is 1. The van der Waals surface area contributed by atoms with Crippen LogP contribution in [0.3, 0.4) is 0 Å². The van der Waals surface area contributed by atoms with E-state index in [1.54, 1.807) is 11.3 Å². The Morgan fingerprint density at radius 2 is 1.90 bits per heavy atom. The van der Waals surface area contributed by atoms with Crippen LogP contribution in [0, 0.1) is 19.8 Å². The van der Waals surface area contributed by atoms with Gasteiger partial charge in [0.05, 0.1) is 16.1 Å². The predicted molar refractivity (Wildman–Crippen MR) is 127 cm³/mol. The molecule has 2 aliphatic rings. The Labute approximate surface area is 187 Å². The van der Waals surface area contributed by atoms with Crippen molar-refractivity contribution >= 4 is 38.4 Å². The normalized spacial score (nSPS) is 19.8. The maximum Gasteiger partial charge on any atom is 0.227 e. The summed E-state index contributed by atoms with van der Waals surface area (Å²) in [7, 11) is 0. The Morgan fingerprint density at radius 1 is 1.06 bits per heavy atom. The molecule has 0 radical (unpaired) electrons. The summed E-state index contributed by atoms with van der Waals surface area (Å²) >= 11 is 1.76. The van der Waals surface area contributed by atoms with E-state index in [9.17, 15) is 4.79 Å². The summed E-state index contributed by atoms with van der Waals surface area (Å²) in [6.45, 7) is 9.25. The molecule has 0 aliphatic carbocycles. The maximum atomic E-state index is 13.3. The third kappa shape index (κ3) is 4.11. The summed E-state index contributed by atoms with van der Waals surface area (Å²) in [5.41, 5.74) is 3.61. The summed E-state index contributed by atoms with van der Waals surface area (Å²) in [6, 6.07) is 10.4. The summed E-state index contributed by atoms with van der Waals surface area (Å²) in [4.78, 5) is 29.3. The fourth-order valence-electron chi connectivity index (χ4n) is 4.80. The monoisotopic (exact) mass is 435 g/mol. The highest BCUT2D eigenvalue weighted by Gasteiger charge is 2.32. The van der Waals surface area contributed by atoms with Crippen molar-refractivity contribution < 1.29 is 4.79 Å². The number of nitrogens with zero attached hydrogens (tertiary/aromatic N) is 5. The van der Waals surface area contributed by atoms with Gasteiger partial charge in [0.15, 0.2) is 5.13 Å². The molecule has 2 aromatic heterocycles. The minimum atomic E-state index is 0.0602. The molecule has 1 atom stereocenters. The number of hydrogen-bond acceptors (Lipinski definition) is 6. The number of amides is 1. The lowest BCUT2D eigenvalue weighted by Crippen LogP contribution is -2.52. The molecular formula is C24H29N5OS. The Hall–Kier alpha value is -2.67. The van der Waals surface area contributed by atoms with E-state index in [0.717, 1.165) is 68.6 Å². The van der Waals surface area contributed by atoms with Crippen LogP contribution in [0.1, 0.15) is 24.0 Å². The molecular weight excluding hydrogens is 406 g/mol. The molecule has 1 amide bonds. The second-order valence-corrected chi connectivity index (χ2v) is 9.72. The van der Waals surface area contributed by atoms with Gasteiger partial charge in [0.2, 0.25) is 5.91 Å². The highest BCUT2D eigenvalue weighted by molar-refractivity contribution is 7.22. The van der Waals surface area contributed by atoms with E-state index in [2.05, 4.69) is 45.7 Å². The summed E-state index contributed by atoms with van der Waals surface area (Å²) in [5, 5.41) is 1.06. The van der Waals surface area contributed by atoms with E-state index in [4.69, 9.17) is 4.98 Å². The number of carbonyl (C=O) groups is 1. The lowest BCUT2D eigenvalue weighted by Gasteiger charge is -2.39. The Balaban J connectivity index is 1.24. The molecule has 162 valence electrons. The van der Waals surface area contributed by atoms with Gasteiger partial charge in [0, 0.05) is 45.5 Å². The summed E-state index contributed by atoms with van der Waals surface area (Å²) in [5.74, 6) is 1.36. The zero-order chi connectivity index (χ0) is 21.4. The topological polar surface area (TPSA) is 52.6 Å². The fourth-order valence-corrected chi connectivity index (χ4v) is 5.98. The number of pyridine rings is 1. The lowest BCUT2D eigenvalue weighted by molar-refractivity contribution is -0.136. The molecule has 2 fully saturated rings. The second kappa shape index (κ2) is 8.46. The molecule has 2 aliphatic heterocycles. The van der Waals surface area contributed by atoms with Crippen molar-refractivity contribution in [3.05, 3.63) is 47.7 Å². The van der Waals surface area contributed by atoms with E-state index in [1.807, 2.05) is 24.4 Å². The van der Waals surface area contributed by atoms with Crippen LogP contribution in [-0.2, 0) is 4.79 Å². The van der Waals surface area contributed by atoms with Gasteiger partial charge in [-0.1, -0.05) is 23.5 Å². The third-order valence-electron chi connectivity index (χ3n) is 6.42. The number of piperazine rings is 1. The average Bonchev–Trinajstić information content (AvgIpc) is 3.24. The van der Waals surface area contributed by atoms with Gasteiger partial charge in [-0.15, -0.1) is 0 Å². The van der Waals surface area contributed by atoms with E-state index in [0.29, 0.717) is 5.91 Å². The first kappa shape index (κ1) is 20.2. The van der Waals surface area contributed by atoms with Crippen LogP contribution in [0.2, 0.25) is 0 Å². The molecule has 0 saturated carbocycles. The van der Waals surface area contributed by atoms with E-state index < -0.39 is 0 Å². The number of fused-ring (bicyclic) bond motifs is 1. The van der Waals surface area contributed by atoms with Crippen molar-refractivity contribution in [2.45, 2.75) is 26.7 Å². The fraction of sp³-hybridized carbons (Fsp3) is 0.458. The first-order valence-corrected chi connectivity index (χ1v) is 12.0.